The molecule has 0 radical (unpaired) electrons. The molecule has 3 N–H and O–H groups in total. The van der Waals surface area contributed by atoms with E-state index in [0.717, 1.165) is 49.7 Å². The van der Waals surface area contributed by atoms with Gasteiger partial charge in [0, 0.05) is 0 Å². The van der Waals surface area contributed by atoms with E-state index in [2.05, 4.69) is 6.92 Å². The Morgan fingerprint density at radius 1 is 1.25 bits per heavy atom. The van der Waals surface area contributed by atoms with Gasteiger partial charge in [-0.1, -0.05) is 6.92 Å². The fourth-order valence-corrected chi connectivity index (χ4v) is 6.10. The fourth-order valence-electron chi connectivity index (χ4n) is 6.10. The molecule has 0 amide bonds. The maximum absolute atomic E-state index is 11.3. The lowest BCUT2D eigenvalue weighted by Crippen LogP contribution is -2.44. The van der Waals surface area contributed by atoms with Crippen molar-refractivity contribution in [3.8, 4) is 5.75 Å². The van der Waals surface area contributed by atoms with Crippen molar-refractivity contribution in [2.45, 2.75) is 63.9 Å². The normalized spacial score (nSPS) is 37.4. The van der Waals surface area contributed by atoms with Crippen molar-refractivity contribution in [1.29, 1.82) is 0 Å². The van der Waals surface area contributed by atoms with E-state index in [0.29, 0.717) is 17.8 Å². The largest absolute Gasteiger partial charge is 0.508 e. The third kappa shape index (κ3) is 2.26. The van der Waals surface area contributed by atoms with E-state index in [-0.39, 0.29) is 23.7 Å². The van der Waals surface area contributed by atoms with Crippen LogP contribution in [0, 0.1) is 17.3 Å². The topological polar surface area (TPSA) is 77.8 Å². The SMILES string of the molecule is C[C@]12CC[C@@H]3c4c(cc(O)cc4CC(=O)O)CC[C@H]3[C@@H]1CC[C@H]2O. The number of fused-ring (bicyclic) bond motifs is 5. The highest BCUT2D eigenvalue weighted by atomic mass is 16.4. The Morgan fingerprint density at radius 2 is 2.04 bits per heavy atom. The number of benzene rings is 1. The van der Waals surface area contributed by atoms with Gasteiger partial charge in [0.25, 0.3) is 0 Å². The molecule has 0 aliphatic heterocycles. The molecule has 1 aromatic carbocycles. The van der Waals surface area contributed by atoms with Gasteiger partial charge in [0.2, 0.25) is 0 Å². The van der Waals surface area contributed by atoms with Crippen LogP contribution < -0.4 is 0 Å². The minimum atomic E-state index is -0.846. The molecule has 2 fully saturated rings. The predicted molar refractivity (Wildman–Crippen MR) is 90.1 cm³/mol. The van der Waals surface area contributed by atoms with Crippen LogP contribution >= 0.6 is 0 Å². The van der Waals surface area contributed by atoms with Crippen LogP contribution in [0.3, 0.4) is 0 Å². The summed E-state index contributed by atoms with van der Waals surface area (Å²) in [7, 11) is 0. The molecule has 2 saturated carbocycles. The lowest BCUT2D eigenvalue weighted by molar-refractivity contribution is -0.136. The first kappa shape index (κ1) is 15.9. The van der Waals surface area contributed by atoms with Crippen molar-refractivity contribution in [1.82, 2.24) is 0 Å². The Hall–Kier alpha value is -1.55. The smallest absolute Gasteiger partial charge is 0.307 e. The van der Waals surface area contributed by atoms with E-state index in [1.807, 2.05) is 6.07 Å². The molecular formula is C20H26O4. The minimum absolute atomic E-state index is 0.0233. The van der Waals surface area contributed by atoms with E-state index in [4.69, 9.17) is 0 Å². The lowest BCUT2D eigenvalue weighted by Gasteiger charge is -2.50. The quantitative estimate of drug-likeness (QED) is 0.778. The van der Waals surface area contributed by atoms with Gasteiger partial charge >= 0.3 is 5.97 Å². The number of carbonyl (C=O) groups is 1. The fraction of sp³-hybridized carbons (Fsp3) is 0.650. The van der Waals surface area contributed by atoms with Crippen molar-refractivity contribution in [3.05, 3.63) is 28.8 Å². The van der Waals surface area contributed by atoms with Crippen LogP contribution in [-0.4, -0.2) is 27.4 Å². The van der Waals surface area contributed by atoms with Crippen molar-refractivity contribution in [3.63, 3.8) is 0 Å². The summed E-state index contributed by atoms with van der Waals surface area (Å²) in [4.78, 5) is 11.3. The molecule has 4 heteroatoms. The Morgan fingerprint density at radius 3 is 2.79 bits per heavy atom. The van der Waals surface area contributed by atoms with Crippen molar-refractivity contribution in [2.75, 3.05) is 0 Å². The van der Waals surface area contributed by atoms with Crippen molar-refractivity contribution >= 4 is 5.97 Å². The average molecular weight is 330 g/mol. The molecule has 24 heavy (non-hydrogen) atoms. The van der Waals surface area contributed by atoms with Crippen LogP contribution in [0.4, 0.5) is 0 Å². The number of carboxylic acids is 1. The summed E-state index contributed by atoms with van der Waals surface area (Å²) in [6, 6.07) is 3.47. The van der Waals surface area contributed by atoms with Gasteiger partial charge in [0.05, 0.1) is 12.5 Å². The number of aliphatic carboxylic acids is 1. The van der Waals surface area contributed by atoms with Gasteiger partial charge in [0.1, 0.15) is 5.75 Å². The molecule has 3 aliphatic carbocycles. The molecular weight excluding hydrogens is 304 g/mol. The zero-order valence-electron chi connectivity index (χ0n) is 14.2. The molecule has 3 aliphatic rings. The summed E-state index contributed by atoms with van der Waals surface area (Å²) >= 11 is 0. The number of aliphatic hydroxyl groups is 1. The Bertz CT molecular complexity index is 682. The first-order chi connectivity index (χ1) is 11.4. The minimum Gasteiger partial charge on any atom is -0.508 e. The molecule has 0 bridgehead atoms. The van der Waals surface area contributed by atoms with Gasteiger partial charge in [-0.25, -0.2) is 0 Å². The number of aryl methyl sites for hydroxylation is 1. The Labute approximate surface area is 142 Å². The molecule has 0 saturated heterocycles. The first-order valence-electron chi connectivity index (χ1n) is 9.14. The molecule has 4 rings (SSSR count). The second kappa shape index (κ2) is 5.48. The van der Waals surface area contributed by atoms with E-state index in [1.54, 1.807) is 6.07 Å². The first-order valence-corrected chi connectivity index (χ1v) is 9.14. The monoisotopic (exact) mass is 330 g/mol. The molecule has 0 heterocycles. The van der Waals surface area contributed by atoms with Crippen LogP contribution in [0.5, 0.6) is 5.75 Å². The third-order valence-corrected chi connectivity index (χ3v) is 7.18. The van der Waals surface area contributed by atoms with E-state index < -0.39 is 5.97 Å². The number of rotatable bonds is 2. The zero-order valence-corrected chi connectivity index (χ0v) is 14.2. The van der Waals surface area contributed by atoms with Crippen LogP contribution in [0.15, 0.2) is 12.1 Å². The maximum atomic E-state index is 11.3. The van der Waals surface area contributed by atoms with Crippen LogP contribution in [0.1, 0.15) is 61.6 Å². The molecule has 1 aromatic rings. The number of phenolic OH excluding ortho intramolecular Hbond substituents is 1. The summed E-state index contributed by atoms with van der Waals surface area (Å²) in [5.74, 6) is 0.783. The summed E-state index contributed by atoms with van der Waals surface area (Å²) in [5, 5.41) is 29.7. The zero-order chi connectivity index (χ0) is 17.1. The number of carboxylic acid groups (broad SMARTS) is 1. The number of hydrogen-bond donors (Lipinski definition) is 3. The van der Waals surface area contributed by atoms with Gasteiger partial charge in [0.15, 0.2) is 0 Å². The predicted octanol–water partition coefficient (Wildman–Crippen LogP) is 3.24. The van der Waals surface area contributed by atoms with E-state index in [1.165, 1.54) is 5.56 Å². The molecule has 5 atom stereocenters. The number of hydrogen-bond acceptors (Lipinski definition) is 3. The van der Waals surface area contributed by atoms with Crippen LogP contribution in [0.2, 0.25) is 0 Å². The second-order valence-electron chi connectivity index (χ2n) is 8.30. The summed E-state index contributed by atoms with van der Waals surface area (Å²) in [6.45, 7) is 2.25. The highest BCUT2D eigenvalue weighted by molar-refractivity contribution is 5.71. The number of aromatic hydroxyl groups is 1. The van der Waals surface area contributed by atoms with Crippen LogP contribution in [-0.2, 0) is 17.6 Å². The Kier molecular flexibility index (Phi) is 3.64. The van der Waals surface area contributed by atoms with Crippen molar-refractivity contribution < 1.29 is 20.1 Å². The van der Waals surface area contributed by atoms with E-state index in [9.17, 15) is 20.1 Å². The Balaban J connectivity index is 1.75. The standard InChI is InChI=1S/C20H26O4/c1-20-7-6-15-14(16(20)4-5-17(20)22)3-2-11-8-13(21)9-12(19(11)15)10-18(23)24/h8-9,14-17,21-22H,2-7,10H2,1H3,(H,23,24)/t14-,15+,16+,17-,20+/m1/s1. The molecule has 130 valence electrons. The average Bonchev–Trinajstić information content (AvgIpc) is 2.81. The maximum Gasteiger partial charge on any atom is 0.307 e. The molecule has 0 unspecified atom stereocenters. The van der Waals surface area contributed by atoms with Crippen molar-refractivity contribution in [2.24, 2.45) is 17.3 Å². The van der Waals surface area contributed by atoms with Gasteiger partial charge in [-0.15, -0.1) is 0 Å². The summed E-state index contributed by atoms with van der Waals surface area (Å²) in [6.07, 6.45) is 5.77. The highest BCUT2D eigenvalue weighted by Crippen LogP contribution is 2.61. The number of aliphatic hydroxyl groups excluding tert-OH is 1. The lowest BCUT2D eigenvalue weighted by atomic mass is 9.55. The van der Waals surface area contributed by atoms with Gasteiger partial charge in [-0.05, 0) is 90.5 Å². The molecule has 4 nitrogen and oxygen atoms in total. The molecule has 0 aromatic heterocycles. The second-order valence-corrected chi connectivity index (χ2v) is 8.30. The highest BCUT2D eigenvalue weighted by Gasteiger charge is 2.54. The molecule has 0 spiro atoms. The van der Waals surface area contributed by atoms with E-state index >= 15 is 0 Å². The third-order valence-electron chi connectivity index (χ3n) is 7.18. The summed E-state index contributed by atoms with van der Waals surface area (Å²) < 4.78 is 0. The van der Waals surface area contributed by atoms with Gasteiger partial charge in [-0.2, -0.15) is 0 Å². The number of phenols is 1. The van der Waals surface area contributed by atoms with Gasteiger partial charge in [-0.3, -0.25) is 4.79 Å². The van der Waals surface area contributed by atoms with Crippen LogP contribution in [0.25, 0.3) is 0 Å². The summed E-state index contributed by atoms with van der Waals surface area (Å²) in [5.41, 5.74) is 3.14. The van der Waals surface area contributed by atoms with Gasteiger partial charge < -0.3 is 15.3 Å².